The molecule has 2 aromatic carbocycles. The van der Waals surface area contributed by atoms with Crippen LogP contribution in [0, 0.1) is 21.8 Å². The number of amidine groups is 2. The zero-order valence-electron chi connectivity index (χ0n) is 19.8. The number of hydrazone groups is 1. The Labute approximate surface area is 222 Å². The Hall–Kier alpha value is -2.86. The lowest BCUT2D eigenvalue weighted by Crippen LogP contribution is -2.35. The molecule has 8 nitrogen and oxygen atoms in total. The van der Waals surface area contributed by atoms with Gasteiger partial charge in [0.2, 0.25) is 5.17 Å². The Morgan fingerprint density at radius 2 is 1.97 bits per heavy atom. The number of hydrogen-bond acceptors (Lipinski definition) is 7. The molecule has 182 valence electrons. The fourth-order valence-electron chi connectivity index (χ4n) is 3.38. The van der Waals surface area contributed by atoms with Crippen LogP contribution in [-0.4, -0.2) is 47.3 Å². The van der Waals surface area contributed by atoms with Gasteiger partial charge in [-0.3, -0.25) is 10.2 Å². The number of ether oxygens (including phenoxy) is 3. The second-order valence-electron chi connectivity index (χ2n) is 8.16. The Morgan fingerprint density at radius 3 is 2.69 bits per heavy atom. The van der Waals surface area contributed by atoms with Crippen LogP contribution in [0.25, 0.3) is 6.08 Å². The summed E-state index contributed by atoms with van der Waals surface area (Å²) in [6, 6.07) is 11.5. The van der Waals surface area contributed by atoms with Gasteiger partial charge in [0.15, 0.2) is 17.3 Å². The average molecular weight is 604 g/mol. The molecule has 35 heavy (non-hydrogen) atoms. The van der Waals surface area contributed by atoms with Crippen molar-refractivity contribution in [2.24, 2.45) is 16.0 Å². The van der Waals surface area contributed by atoms with E-state index in [1.807, 2.05) is 51.1 Å². The van der Waals surface area contributed by atoms with Gasteiger partial charge in [0.05, 0.1) is 16.3 Å². The average Bonchev–Trinajstić information content (AvgIpc) is 3.25. The number of hydrogen-bond donors (Lipinski definition) is 1. The van der Waals surface area contributed by atoms with Crippen LogP contribution in [0.5, 0.6) is 17.2 Å². The molecule has 0 unspecified atom stereocenters. The molecule has 0 aliphatic carbocycles. The fourth-order valence-corrected chi connectivity index (χ4v) is 5.05. The maximum Gasteiger partial charge on any atom is 0.283 e. The van der Waals surface area contributed by atoms with E-state index in [0.717, 1.165) is 19.9 Å². The standard InChI is InChI=1S/C25H25IN4O4S/c1-14(2)24-29-30-22(27)18(23(31)28-25(30)35-24)11-16-12-19(26)21(20(13-16)32-4)34-9-8-33-17-7-5-6-15(3)10-17/h5-7,10-14,27H,8-9H2,1-4H3/b18-11-,27-22?. The van der Waals surface area contributed by atoms with Crippen LogP contribution in [0.4, 0.5) is 0 Å². The van der Waals surface area contributed by atoms with Gasteiger partial charge in [-0.05, 0) is 82.7 Å². The SMILES string of the molecule is COc1cc(/C=C2/C(=N)N3N=C(C(C)C)SC3=NC2=O)cc(I)c1OCCOc1cccc(C)c1. The molecule has 0 bridgehead atoms. The highest BCUT2D eigenvalue weighted by atomic mass is 127. The van der Waals surface area contributed by atoms with Crippen molar-refractivity contribution in [1.82, 2.24) is 5.01 Å². The van der Waals surface area contributed by atoms with E-state index in [2.05, 4.69) is 32.7 Å². The summed E-state index contributed by atoms with van der Waals surface area (Å²) in [5.41, 5.74) is 1.99. The molecular formula is C25H25IN4O4S. The van der Waals surface area contributed by atoms with Crippen molar-refractivity contribution < 1.29 is 19.0 Å². The summed E-state index contributed by atoms with van der Waals surface area (Å²) in [5, 5.41) is 15.7. The molecule has 0 saturated carbocycles. The van der Waals surface area contributed by atoms with Gasteiger partial charge in [0, 0.05) is 5.92 Å². The third-order valence-electron chi connectivity index (χ3n) is 5.11. The van der Waals surface area contributed by atoms with E-state index in [9.17, 15) is 4.79 Å². The van der Waals surface area contributed by atoms with Crippen molar-refractivity contribution >= 4 is 62.4 Å². The number of methoxy groups -OCH3 is 1. The predicted octanol–water partition coefficient (Wildman–Crippen LogP) is 5.34. The number of amides is 1. The first-order valence-corrected chi connectivity index (χ1v) is 12.9. The van der Waals surface area contributed by atoms with Crippen LogP contribution in [0.2, 0.25) is 0 Å². The first kappa shape index (κ1) is 25.2. The second kappa shape index (κ2) is 10.8. The molecule has 0 saturated heterocycles. The number of nitrogens with one attached hydrogen (secondary N) is 1. The molecule has 0 radical (unpaired) electrons. The predicted molar refractivity (Wildman–Crippen MR) is 148 cm³/mol. The molecule has 2 aliphatic rings. The number of aliphatic imine (C=N–C) groups is 1. The molecular weight excluding hydrogens is 579 g/mol. The quantitative estimate of drug-likeness (QED) is 0.248. The normalized spacial score (nSPS) is 16.4. The van der Waals surface area contributed by atoms with Gasteiger partial charge in [-0.2, -0.15) is 15.1 Å². The molecule has 0 aromatic heterocycles. The van der Waals surface area contributed by atoms with E-state index in [1.165, 1.54) is 16.8 Å². The van der Waals surface area contributed by atoms with Gasteiger partial charge >= 0.3 is 0 Å². The summed E-state index contributed by atoms with van der Waals surface area (Å²) < 4.78 is 18.1. The van der Waals surface area contributed by atoms with Crippen LogP contribution in [0.1, 0.15) is 25.0 Å². The minimum atomic E-state index is -0.462. The summed E-state index contributed by atoms with van der Waals surface area (Å²) in [4.78, 5) is 16.8. The van der Waals surface area contributed by atoms with E-state index < -0.39 is 5.91 Å². The maximum absolute atomic E-state index is 12.7. The van der Waals surface area contributed by atoms with Crippen molar-refractivity contribution in [2.45, 2.75) is 20.8 Å². The Morgan fingerprint density at radius 1 is 1.20 bits per heavy atom. The highest BCUT2D eigenvalue weighted by Gasteiger charge is 2.36. The number of nitrogens with zero attached hydrogens (tertiary/aromatic N) is 3. The summed E-state index contributed by atoms with van der Waals surface area (Å²) >= 11 is 3.49. The smallest absolute Gasteiger partial charge is 0.283 e. The van der Waals surface area contributed by atoms with Crippen molar-refractivity contribution in [1.29, 1.82) is 5.41 Å². The number of carbonyl (C=O) groups excluding carboxylic acids is 1. The lowest BCUT2D eigenvalue weighted by Gasteiger charge is -2.20. The largest absolute Gasteiger partial charge is 0.493 e. The van der Waals surface area contributed by atoms with Crippen molar-refractivity contribution in [3.8, 4) is 17.2 Å². The minimum absolute atomic E-state index is 0.00532. The zero-order valence-corrected chi connectivity index (χ0v) is 22.8. The Bertz CT molecular complexity index is 1270. The molecule has 2 aliphatic heterocycles. The van der Waals surface area contributed by atoms with Crippen LogP contribution in [0.3, 0.4) is 0 Å². The highest BCUT2D eigenvalue weighted by Crippen LogP contribution is 2.36. The molecule has 0 spiro atoms. The number of fused-ring (bicyclic) bond motifs is 1. The monoisotopic (exact) mass is 604 g/mol. The molecule has 2 aromatic rings. The molecule has 1 N–H and O–H groups in total. The van der Waals surface area contributed by atoms with Crippen molar-refractivity contribution in [2.75, 3.05) is 20.3 Å². The van der Waals surface area contributed by atoms with Crippen LogP contribution < -0.4 is 14.2 Å². The van der Waals surface area contributed by atoms with Gasteiger partial charge in [-0.25, -0.2) is 0 Å². The maximum atomic E-state index is 12.7. The topological polar surface area (TPSA) is 96.6 Å². The number of thioether (sulfide) groups is 1. The van der Waals surface area contributed by atoms with E-state index >= 15 is 0 Å². The number of carbonyl (C=O) groups is 1. The van der Waals surface area contributed by atoms with E-state index in [4.69, 9.17) is 19.6 Å². The number of halogens is 1. The Kier molecular flexibility index (Phi) is 7.80. The van der Waals surface area contributed by atoms with E-state index in [1.54, 1.807) is 19.3 Å². The second-order valence-corrected chi connectivity index (χ2v) is 10.3. The third kappa shape index (κ3) is 5.69. The van der Waals surface area contributed by atoms with Crippen LogP contribution in [-0.2, 0) is 4.79 Å². The number of benzene rings is 2. The first-order valence-electron chi connectivity index (χ1n) is 11.0. The van der Waals surface area contributed by atoms with Crippen molar-refractivity contribution in [3.63, 3.8) is 0 Å². The van der Waals surface area contributed by atoms with Crippen LogP contribution >= 0.6 is 34.4 Å². The summed E-state index contributed by atoms with van der Waals surface area (Å²) in [7, 11) is 1.56. The van der Waals surface area contributed by atoms with E-state index in [-0.39, 0.29) is 17.3 Å². The van der Waals surface area contributed by atoms with Gasteiger partial charge < -0.3 is 14.2 Å². The summed E-state index contributed by atoms with van der Waals surface area (Å²) in [6.07, 6.45) is 1.63. The highest BCUT2D eigenvalue weighted by molar-refractivity contribution is 14.1. The van der Waals surface area contributed by atoms with E-state index in [0.29, 0.717) is 35.4 Å². The van der Waals surface area contributed by atoms with Gasteiger partial charge in [-0.15, -0.1) is 0 Å². The summed E-state index contributed by atoms with van der Waals surface area (Å²) in [6.45, 7) is 6.76. The van der Waals surface area contributed by atoms with Gasteiger partial charge in [-0.1, -0.05) is 26.0 Å². The number of rotatable bonds is 8. The molecule has 0 fully saturated rings. The molecule has 10 heteroatoms. The van der Waals surface area contributed by atoms with Gasteiger partial charge in [0.1, 0.15) is 24.0 Å². The molecule has 2 heterocycles. The fraction of sp³-hybridized carbons (Fsp3) is 0.280. The van der Waals surface area contributed by atoms with Crippen molar-refractivity contribution in [3.05, 3.63) is 56.7 Å². The lowest BCUT2D eigenvalue weighted by molar-refractivity contribution is -0.114. The number of aryl methyl sites for hydroxylation is 1. The molecule has 1 amide bonds. The zero-order chi connectivity index (χ0) is 25.1. The minimum Gasteiger partial charge on any atom is -0.493 e. The summed E-state index contributed by atoms with van der Waals surface area (Å²) in [5.74, 6) is 1.64. The molecule has 4 rings (SSSR count). The first-order chi connectivity index (χ1) is 16.8. The van der Waals surface area contributed by atoms with Gasteiger partial charge in [0.25, 0.3) is 5.91 Å². The van der Waals surface area contributed by atoms with Crippen LogP contribution in [0.15, 0.2) is 52.1 Å². The molecule has 0 atom stereocenters. The Balaban J connectivity index is 1.50. The lowest BCUT2D eigenvalue weighted by atomic mass is 10.1. The third-order valence-corrected chi connectivity index (χ3v) is 7.13.